The van der Waals surface area contributed by atoms with E-state index in [1.165, 1.54) is 0 Å². The fourth-order valence-electron chi connectivity index (χ4n) is 2.15. The second-order valence-corrected chi connectivity index (χ2v) is 4.79. The Morgan fingerprint density at radius 3 is 2.56 bits per heavy atom. The summed E-state index contributed by atoms with van der Waals surface area (Å²) >= 11 is 0. The van der Waals surface area contributed by atoms with Crippen LogP contribution in [0.3, 0.4) is 0 Å². The monoisotopic (exact) mass is 247 g/mol. The number of benzene rings is 1. The number of carbonyl (C=O) groups is 1. The molecule has 1 amide bonds. The number of hydrogen-bond donors (Lipinski definition) is 0. The maximum atomic E-state index is 12.1. The van der Waals surface area contributed by atoms with Gasteiger partial charge in [0.1, 0.15) is 18.5 Å². The average Bonchev–Trinajstić information content (AvgIpc) is 3.08. The molecule has 0 radical (unpaired) electrons. The number of ether oxygens (including phenoxy) is 2. The Hall–Kier alpha value is -1.55. The molecule has 0 bridgehead atoms. The fraction of sp³-hybridized carbons (Fsp3) is 0.500. The zero-order valence-corrected chi connectivity index (χ0v) is 10.3. The van der Waals surface area contributed by atoms with Crippen molar-refractivity contribution in [3.8, 4) is 5.75 Å². The van der Waals surface area contributed by atoms with Crippen molar-refractivity contribution < 1.29 is 14.3 Å². The number of rotatable bonds is 4. The predicted molar refractivity (Wildman–Crippen MR) is 66.8 cm³/mol. The minimum atomic E-state index is 0.129. The lowest BCUT2D eigenvalue weighted by Gasteiger charge is -2.15. The third kappa shape index (κ3) is 2.64. The first kappa shape index (κ1) is 11.5. The Bertz CT molecular complexity index is 419. The van der Waals surface area contributed by atoms with E-state index in [2.05, 4.69) is 0 Å². The lowest BCUT2D eigenvalue weighted by atomic mass is 10.2. The van der Waals surface area contributed by atoms with E-state index < -0.39 is 0 Å². The van der Waals surface area contributed by atoms with Crippen molar-refractivity contribution in [1.82, 2.24) is 4.90 Å². The lowest BCUT2D eigenvalue weighted by molar-refractivity contribution is 0.0793. The maximum Gasteiger partial charge on any atom is 0.253 e. The van der Waals surface area contributed by atoms with Gasteiger partial charge >= 0.3 is 0 Å². The van der Waals surface area contributed by atoms with E-state index in [4.69, 9.17) is 9.47 Å². The molecule has 0 spiro atoms. The number of hydrogen-bond acceptors (Lipinski definition) is 3. The van der Waals surface area contributed by atoms with E-state index in [0.717, 1.165) is 43.9 Å². The summed E-state index contributed by atoms with van der Waals surface area (Å²) in [6.07, 6.45) is 2.50. The molecule has 18 heavy (non-hydrogen) atoms. The summed E-state index contributed by atoms with van der Waals surface area (Å²) in [5, 5.41) is 0. The van der Waals surface area contributed by atoms with Crippen molar-refractivity contribution in [3.05, 3.63) is 29.8 Å². The molecule has 4 heteroatoms. The summed E-state index contributed by atoms with van der Waals surface area (Å²) < 4.78 is 10.6. The summed E-state index contributed by atoms with van der Waals surface area (Å²) in [6.45, 7) is 3.16. The lowest BCUT2D eigenvalue weighted by Crippen LogP contribution is -2.27. The first-order chi connectivity index (χ1) is 8.83. The smallest absolute Gasteiger partial charge is 0.253 e. The molecular formula is C14H17NO3. The van der Waals surface area contributed by atoms with Gasteiger partial charge in [0.15, 0.2) is 0 Å². The molecule has 4 nitrogen and oxygen atoms in total. The van der Waals surface area contributed by atoms with E-state index in [0.29, 0.717) is 6.61 Å². The molecule has 0 aliphatic carbocycles. The third-order valence-corrected chi connectivity index (χ3v) is 3.33. The van der Waals surface area contributed by atoms with E-state index in [-0.39, 0.29) is 12.0 Å². The zero-order valence-electron chi connectivity index (χ0n) is 10.3. The van der Waals surface area contributed by atoms with Crippen LogP contribution in [0.15, 0.2) is 24.3 Å². The highest BCUT2D eigenvalue weighted by atomic mass is 16.6. The Balaban J connectivity index is 1.60. The van der Waals surface area contributed by atoms with E-state index in [9.17, 15) is 4.79 Å². The minimum absolute atomic E-state index is 0.129. The molecular weight excluding hydrogens is 230 g/mol. The molecule has 1 aromatic carbocycles. The SMILES string of the molecule is O=C(c1ccc(OCC2CO2)cc1)N1CCCC1. The van der Waals surface area contributed by atoms with Gasteiger partial charge in [0.25, 0.3) is 5.91 Å². The molecule has 2 heterocycles. The zero-order chi connectivity index (χ0) is 12.4. The van der Waals surface area contributed by atoms with Gasteiger partial charge in [-0.05, 0) is 37.1 Å². The Labute approximate surface area is 106 Å². The number of epoxide rings is 1. The van der Waals surface area contributed by atoms with Crippen molar-refractivity contribution in [2.45, 2.75) is 18.9 Å². The normalized spacial score (nSPS) is 22.0. The molecule has 0 aromatic heterocycles. The third-order valence-electron chi connectivity index (χ3n) is 3.33. The molecule has 0 saturated carbocycles. The Kier molecular flexibility index (Phi) is 3.19. The first-order valence-electron chi connectivity index (χ1n) is 6.47. The summed E-state index contributed by atoms with van der Waals surface area (Å²) in [7, 11) is 0. The van der Waals surface area contributed by atoms with Crippen LogP contribution in [0, 0.1) is 0 Å². The van der Waals surface area contributed by atoms with Crippen LogP contribution in [0.4, 0.5) is 0 Å². The number of nitrogens with zero attached hydrogens (tertiary/aromatic N) is 1. The van der Waals surface area contributed by atoms with Gasteiger partial charge in [-0.2, -0.15) is 0 Å². The van der Waals surface area contributed by atoms with E-state index in [1.807, 2.05) is 29.2 Å². The number of amides is 1. The summed E-state index contributed by atoms with van der Waals surface area (Å²) in [5.41, 5.74) is 0.743. The van der Waals surface area contributed by atoms with Gasteiger partial charge in [-0.15, -0.1) is 0 Å². The first-order valence-corrected chi connectivity index (χ1v) is 6.47. The second kappa shape index (κ2) is 4.98. The van der Waals surface area contributed by atoms with Gasteiger partial charge in [-0.3, -0.25) is 4.79 Å². The van der Waals surface area contributed by atoms with Crippen LogP contribution in [-0.4, -0.2) is 43.2 Å². The van der Waals surface area contributed by atoms with Gasteiger partial charge < -0.3 is 14.4 Å². The topological polar surface area (TPSA) is 42.1 Å². The molecule has 1 unspecified atom stereocenters. The molecule has 0 N–H and O–H groups in total. The van der Waals surface area contributed by atoms with Gasteiger partial charge in [0.05, 0.1) is 6.61 Å². The van der Waals surface area contributed by atoms with Crippen molar-refractivity contribution in [1.29, 1.82) is 0 Å². The second-order valence-electron chi connectivity index (χ2n) is 4.79. The van der Waals surface area contributed by atoms with Crippen LogP contribution in [0.1, 0.15) is 23.2 Å². The van der Waals surface area contributed by atoms with E-state index >= 15 is 0 Å². The highest BCUT2D eigenvalue weighted by Gasteiger charge is 2.23. The number of carbonyl (C=O) groups excluding carboxylic acids is 1. The molecule has 1 aromatic rings. The molecule has 96 valence electrons. The molecule has 3 rings (SSSR count). The van der Waals surface area contributed by atoms with Gasteiger partial charge in [-0.1, -0.05) is 0 Å². The molecule has 1 atom stereocenters. The van der Waals surface area contributed by atoms with Crippen LogP contribution in [0.2, 0.25) is 0 Å². The van der Waals surface area contributed by atoms with Crippen molar-refractivity contribution in [3.63, 3.8) is 0 Å². The summed E-state index contributed by atoms with van der Waals surface area (Å²) in [6, 6.07) is 7.38. The Morgan fingerprint density at radius 2 is 1.94 bits per heavy atom. The largest absolute Gasteiger partial charge is 0.491 e. The highest BCUT2D eigenvalue weighted by molar-refractivity contribution is 5.94. The molecule has 2 aliphatic heterocycles. The minimum Gasteiger partial charge on any atom is -0.491 e. The maximum absolute atomic E-state index is 12.1. The molecule has 2 saturated heterocycles. The summed E-state index contributed by atoms with van der Waals surface area (Å²) in [4.78, 5) is 14.0. The molecule has 2 aliphatic rings. The summed E-state index contributed by atoms with van der Waals surface area (Å²) in [5.74, 6) is 0.924. The quantitative estimate of drug-likeness (QED) is 0.760. The van der Waals surface area contributed by atoms with Crippen LogP contribution in [-0.2, 0) is 4.74 Å². The van der Waals surface area contributed by atoms with Gasteiger partial charge in [-0.25, -0.2) is 0 Å². The van der Waals surface area contributed by atoms with Gasteiger partial charge in [0, 0.05) is 18.7 Å². The standard InChI is InChI=1S/C14H17NO3/c16-14(15-7-1-2-8-15)11-3-5-12(6-4-11)17-9-13-10-18-13/h3-6,13H,1-2,7-10H2. The van der Waals surface area contributed by atoms with Crippen LogP contribution in [0.25, 0.3) is 0 Å². The van der Waals surface area contributed by atoms with Gasteiger partial charge in [0.2, 0.25) is 0 Å². The fourth-order valence-corrected chi connectivity index (χ4v) is 2.15. The highest BCUT2D eigenvalue weighted by Crippen LogP contribution is 2.18. The average molecular weight is 247 g/mol. The Morgan fingerprint density at radius 1 is 1.28 bits per heavy atom. The van der Waals surface area contributed by atoms with Crippen molar-refractivity contribution in [2.24, 2.45) is 0 Å². The predicted octanol–water partition coefficient (Wildman–Crippen LogP) is 1.70. The number of likely N-dealkylation sites (tertiary alicyclic amines) is 1. The van der Waals surface area contributed by atoms with Crippen molar-refractivity contribution >= 4 is 5.91 Å². The van der Waals surface area contributed by atoms with E-state index in [1.54, 1.807) is 0 Å². The molecule has 2 fully saturated rings. The van der Waals surface area contributed by atoms with Crippen LogP contribution < -0.4 is 4.74 Å². The van der Waals surface area contributed by atoms with Crippen molar-refractivity contribution in [2.75, 3.05) is 26.3 Å². The van der Waals surface area contributed by atoms with Crippen LogP contribution in [0.5, 0.6) is 5.75 Å². The van der Waals surface area contributed by atoms with Crippen LogP contribution >= 0.6 is 0 Å².